The van der Waals surface area contributed by atoms with E-state index in [0.717, 1.165) is 0 Å². The summed E-state index contributed by atoms with van der Waals surface area (Å²) in [6, 6.07) is 0.0208. The summed E-state index contributed by atoms with van der Waals surface area (Å²) in [5, 5.41) is 9.62. The average molecular weight is 215 g/mol. The molecule has 15 heavy (non-hydrogen) atoms. The van der Waals surface area contributed by atoms with Crippen LogP contribution in [0.25, 0.3) is 0 Å². The van der Waals surface area contributed by atoms with Crippen LogP contribution in [0.1, 0.15) is 40.0 Å². The number of esters is 1. The summed E-state index contributed by atoms with van der Waals surface area (Å²) in [4.78, 5) is 11.5. The maximum absolute atomic E-state index is 11.5. The zero-order chi connectivity index (χ0) is 11.6. The molecule has 0 radical (unpaired) electrons. The van der Waals surface area contributed by atoms with Gasteiger partial charge in [-0.15, -0.1) is 0 Å². The zero-order valence-electron chi connectivity index (χ0n) is 9.69. The van der Waals surface area contributed by atoms with Crippen molar-refractivity contribution in [2.75, 3.05) is 0 Å². The highest BCUT2D eigenvalue weighted by Crippen LogP contribution is 2.28. The standard InChI is InChI=1S/C11H21NO3/c1-11(2,3)15-10(14)5-7-4-8(12)6-9(7)13/h7-9,13H,4-6,12H2,1-3H3/t7-,8+,9?/m0/s1. The van der Waals surface area contributed by atoms with Gasteiger partial charge in [0.2, 0.25) is 0 Å². The molecule has 1 saturated carbocycles. The van der Waals surface area contributed by atoms with Gasteiger partial charge in [0.25, 0.3) is 0 Å². The molecule has 0 amide bonds. The second-order valence-electron chi connectivity index (χ2n) is 5.35. The van der Waals surface area contributed by atoms with Gasteiger partial charge in [0.15, 0.2) is 0 Å². The van der Waals surface area contributed by atoms with Gasteiger partial charge in [-0.1, -0.05) is 0 Å². The van der Waals surface area contributed by atoms with Crippen LogP contribution >= 0.6 is 0 Å². The molecule has 4 heteroatoms. The lowest BCUT2D eigenvalue weighted by atomic mass is 10.0. The summed E-state index contributed by atoms with van der Waals surface area (Å²) >= 11 is 0. The molecule has 0 aromatic carbocycles. The molecule has 0 spiro atoms. The smallest absolute Gasteiger partial charge is 0.306 e. The van der Waals surface area contributed by atoms with Gasteiger partial charge in [-0.2, -0.15) is 0 Å². The van der Waals surface area contributed by atoms with Crippen LogP contribution in [0.3, 0.4) is 0 Å². The lowest BCUT2D eigenvalue weighted by Crippen LogP contribution is -2.27. The van der Waals surface area contributed by atoms with E-state index in [0.29, 0.717) is 12.8 Å². The van der Waals surface area contributed by atoms with E-state index in [-0.39, 0.29) is 24.3 Å². The van der Waals surface area contributed by atoms with Crippen LogP contribution in [0.2, 0.25) is 0 Å². The Balaban J connectivity index is 2.39. The first-order valence-corrected chi connectivity index (χ1v) is 5.43. The third-order valence-electron chi connectivity index (χ3n) is 2.54. The van der Waals surface area contributed by atoms with Crippen molar-refractivity contribution in [3.63, 3.8) is 0 Å². The van der Waals surface area contributed by atoms with E-state index < -0.39 is 11.7 Å². The van der Waals surface area contributed by atoms with E-state index in [1.807, 2.05) is 20.8 Å². The second-order valence-corrected chi connectivity index (χ2v) is 5.35. The van der Waals surface area contributed by atoms with Crippen molar-refractivity contribution in [2.45, 2.75) is 57.8 Å². The Kier molecular flexibility index (Phi) is 3.73. The number of hydrogen-bond acceptors (Lipinski definition) is 4. The molecule has 1 aliphatic carbocycles. The van der Waals surface area contributed by atoms with Gasteiger partial charge in [0, 0.05) is 6.04 Å². The van der Waals surface area contributed by atoms with Crippen LogP contribution in [0.15, 0.2) is 0 Å². The number of carbonyl (C=O) groups excluding carboxylic acids is 1. The molecule has 88 valence electrons. The Morgan fingerprint density at radius 1 is 1.47 bits per heavy atom. The Morgan fingerprint density at radius 2 is 2.07 bits per heavy atom. The van der Waals surface area contributed by atoms with Crippen LogP contribution in [0, 0.1) is 5.92 Å². The SMILES string of the molecule is CC(C)(C)OC(=O)C[C@@H]1C[C@@H](N)CC1O. The fourth-order valence-corrected chi connectivity index (χ4v) is 1.96. The zero-order valence-corrected chi connectivity index (χ0v) is 9.69. The fourth-order valence-electron chi connectivity index (χ4n) is 1.96. The van der Waals surface area contributed by atoms with E-state index in [4.69, 9.17) is 10.5 Å². The molecule has 4 nitrogen and oxygen atoms in total. The van der Waals surface area contributed by atoms with Crippen molar-refractivity contribution in [3.05, 3.63) is 0 Å². The van der Waals surface area contributed by atoms with E-state index >= 15 is 0 Å². The van der Waals surface area contributed by atoms with Crippen LogP contribution in [0.4, 0.5) is 0 Å². The molecule has 0 aromatic rings. The van der Waals surface area contributed by atoms with Gasteiger partial charge in [0.05, 0.1) is 12.5 Å². The van der Waals surface area contributed by atoms with Gasteiger partial charge in [-0.05, 0) is 39.5 Å². The minimum absolute atomic E-state index is 0.0208. The number of rotatable bonds is 2. The third kappa shape index (κ3) is 4.18. The van der Waals surface area contributed by atoms with Crippen LogP contribution in [-0.2, 0) is 9.53 Å². The maximum atomic E-state index is 11.5. The number of ether oxygens (including phenoxy) is 1. The second kappa shape index (κ2) is 4.49. The summed E-state index contributed by atoms with van der Waals surface area (Å²) in [5.41, 5.74) is 5.25. The summed E-state index contributed by atoms with van der Waals surface area (Å²) in [6.07, 6.45) is 1.12. The molecule has 0 aliphatic heterocycles. The third-order valence-corrected chi connectivity index (χ3v) is 2.54. The Bertz CT molecular complexity index is 234. The van der Waals surface area contributed by atoms with Crippen molar-refractivity contribution >= 4 is 5.97 Å². The molecule has 3 N–H and O–H groups in total. The highest BCUT2D eigenvalue weighted by Gasteiger charge is 2.33. The van der Waals surface area contributed by atoms with Crippen molar-refractivity contribution in [1.82, 2.24) is 0 Å². The molecule has 1 unspecified atom stereocenters. The predicted octanol–water partition coefficient (Wildman–Crippen LogP) is 0.816. The van der Waals surface area contributed by atoms with E-state index in [1.165, 1.54) is 0 Å². The fraction of sp³-hybridized carbons (Fsp3) is 0.909. The van der Waals surface area contributed by atoms with Crippen LogP contribution < -0.4 is 5.73 Å². The lowest BCUT2D eigenvalue weighted by Gasteiger charge is -2.21. The van der Waals surface area contributed by atoms with Crippen LogP contribution in [0.5, 0.6) is 0 Å². The van der Waals surface area contributed by atoms with E-state index in [1.54, 1.807) is 0 Å². The molecule has 0 saturated heterocycles. The van der Waals surface area contributed by atoms with Crippen molar-refractivity contribution in [3.8, 4) is 0 Å². The number of carbonyl (C=O) groups is 1. The molecule has 0 heterocycles. The van der Waals surface area contributed by atoms with Crippen molar-refractivity contribution in [1.29, 1.82) is 0 Å². The average Bonchev–Trinajstić information content (AvgIpc) is 2.25. The number of nitrogens with two attached hydrogens (primary N) is 1. The number of aliphatic hydroxyl groups is 1. The molecule has 0 aromatic heterocycles. The summed E-state index contributed by atoms with van der Waals surface area (Å²) in [6.45, 7) is 5.51. The van der Waals surface area contributed by atoms with Crippen molar-refractivity contribution in [2.24, 2.45) is 11.7 Å². The Morgan fingerprint density at radius 3 is 2.47 bits per heavy atom. The highest BCUT2D eigenvalue weighted by atomic mass is 16.6. The topological polar surface area (TPSA) is 72.5 Å². The summed E-state index contributed by atoms with van der Waals surface area (Å²) in [5.74, 6) is -0.282. The monoisotopic (exact) mass is 215 g/mol. The van der Waals surface area contributed by atoms with Gasteiger partial charge in [-0.25, -0.2) is 0 Å². The van der Waals surface area contributed by atoms with Crippen molar-refractivity contribution < 1.29 is 14.6 Å². The molecule has 1 aliphatic rings. The number of hydrogen-bond donors (Lipinski definition) is 2. The first kappa shape index (κ1) is 12.5. The van der Waals surface area contributed by atoms with Gasteiger partial charge < -0.3 is 15.6 Å². The Hall–Kier alpha value is -0.610. The van der Waals surface area contributed by atoms with Gasteiger partial charge in [0.1, 0.15) is 5.60 Å². The molecule has 0 bridgehead atoms. The van der Waals surface area contributed by atoms with E-state index in [2.05, 4.69) is 0 Å². The van der Waals surface area contributed by atoms with E-state index in [9.17, 15) is 9.90 Å². The first-order valence-electron chi connectivity index (χ1n) is 5.43. The van der Waals surface area contributed by atoms with Crippen LogP contribution in [-0.4, -0.2) is 28.8 Å². The molecule has 3 atom stereocenters. The normalized spacial score (nSPS) is 31.7. The van der Waals surface area contributed by atoms with Gasteiger partial charge >= 0.3 is 5.97 Å². The minimum Gasteiger partial charge on any atom is -0.460 e. The molecular formula is C11H21NO3. The van der Waals surface area contributed by atoms with Gasteiger partial charge in [-0.3, -0.25) is 4.79 Å². The largest absolute Gasteiger partial charge is 0.460 e. The quantitative estimate of drug-likeness (QED) is 0.669. The Labute approximate surface area is 90.8 Å². The summed E-state index contributed by atoms with van der Waals surface area (Å²) < 4.78 is 5.19. The first-order chi connectivity index (χ1) is 6.78. The molecule has 1 rings (SSSR count). The maximum Gasteiger partial charge on any atom is 0.306 e. The number of aliphatic hydroxyl groups excluding tert-OH is 1. The minimum atomic E-state index is -0.456. The highest BCUT2D eigenvalue weighted by molar-refractivity contribution is 5.70. The summed E-state index contributed by atoms with van der Waals surface area (Å²) in [7, 11) is 0. The lowest BCUT2D eigenvalue weighted by molar-refractivity contribution is -0.156. The molecule has 1 fully saturated rings. The predicted molar refractivity (Wildman–Crippen MR) is 57.2 cm³/mol. The molecular weight excluding hydrogens is 194 g/mol.